The van der Waals surface area contributed by atoms with Gasteiger partial charge in [0, 0.05) is 0 Å². The quantitative estimate of drug-likeness (QED) is 0.686. The average Bonchev–Trinajstić information content (AvgIpc) is 2.35. The highest BCUT2D eigenvalue weighted by Crippen LogP contribution is 2.29. The zero-order valence-corrected chi connectivity index (χ0v) is 11.3. The van der Waals surface area contributed by atoms with Crippen LogP contribution in [0.3, 0.4) is 0 Å². The molecule has 0 radical (unpaired) electrons. The van der Waals surface area contributed by atoms with Crippen molar-refractivity contribution in [3.05, 3.63) is 70.5 Å². The van der Waals surface area contributed by atoms with E-state index in [4.69, 9.17) is 11.6 Å². The van der Waals surface area contributed by atoms with Crippen molar-refractivity contribution in [2.45, 2.75) is 25.6 Å². The maximum Gasteiger partial charge on any atom is 0.123 e. The third kappa shape index (κ3) is 2.91. The number of halogens is 2. The highest BCUT2D eigenvalue weighted by Gasteiger charge is 2.13. The summed E-state index contributed by atoms with van der Waals surface area (Å²) in [4.78, 5) is 0. The van der Waals surface area contributed by atoms with Crippen LogP contribution in [0, 0.1) is 19.7 Å². The Morgan fingerprint density at radius 1 is 1.06 bits per heavy atom. The van der Waals surface area contributed by atoms with Gasteiger partial charge in [0.2, 0.25) is 0 Å². The minimum absolute atomic E-state index is 0.193. The zero-order chi connectivity index (χ0) is 13.1. The Morgan fingerprint density at radius 3 is 2.50 bits per heavy atom. The van der Waals surface area contributed by atoms with Crippen molar-refractivity contribution in [1.29, 1.82) is 0 Å². The molecule has 0 aromatic heterocycles. The van der Waals surface area contributed by atoms with E-state index >= 15 is 0 Å². The summed E-state index contributed by atoms with van der Waals surface area (Å²) in [6.07, 6.45) is 0.721. The maximum atomic E-state index is 13.3. The SMILES string of the molecule is Cc1ccccc1CC(Cl)c1cc(F)ccc1C. The lowest BCUT2D eigenvalue weighted by atomic mass is 9.97. The molecule has 1 unspecified atom stereocenters. The molecule has 2 aromatic carbocycles. The van der Waals surface area contributed by atoms with Gasteiger partial charge in [-0.2, -0.15) is 0 Å². The molecule has 0 nitrogen and oxygen atoms in total. The van der Waals surface area contributed by atoms with Crippen molar-refractivity contribution in [2.24, 2.45) is 0 Å². The van der Waals surface area contributed by atoms with Crippen molar-refractivity contribution in [1.82, 2.24) is 0 Å². The first-order valence-electron chi connectivity index (χ1n) is 6.02. The molecule has 18 heavy (non-hydrogen) atoms. The summed E-state index contributed by atoms with van der Waals surface area (Å²) in [7, 11) is 0. The van der Waals surface area contributed by atoms with Crippen LogP contribution in [0.15, 0.2) is 42.5 Å². The molecule has 0 aliphatic carbocycles. The first-order chi connectivity index (χ1) is 8.58. The predicted octanol–water partition coefficient (Wildman–Crippen LogP) is 4.97. The van der Waals surface area contributed by atoms with Gasteiger partial charge in [0.15, 0.2) is 0 Å². The Morgan fingerprint density at radius 2 is 1.78 bits per heavy atom. The van der Waals surface area contributed by atoms with Crippen LogP contribution in [0.5, 0.6) is 0 Å². The van der Waals surface area contributed by atoms with Crippen LogP contribution in [0.25, 0.3) is 0 Å². The van der Waals surface area contributed by atoms with E-state index in [2.05, 4.69) is 19.1 Å². The van der Waals surface area contributed by atoms with E-state index in [1.165, 1.54) is 23.3 Å². The summed E-state index contributed by atoms with van der Waals surface area (Å²) in [5, 5.41) is -0.193. The van der Waals surface area contributed by atoms with Crippen LogP contribution in [0.1, 0.15) is 27.6 Å². The molecule has 0 aliphatic rings. The Hall–Kier alpha value is -1.34. The van der Waals surface area contributed by atoms with Gasteiger partial charge in [-0.05, 0) is 54.7 Å². The second kappa shape index (κ2) is 5.53. The van der Waals surface area contributed by atoms with E-state index in [0.29, 0.717) is 0 Å². The molecule has 94 valence electrons. The van der Waals surface area contributed by atoms with Crippen LogP contribution in [0.2, 0.25) is 0 Å². The van der Waals surface area contributed by atoms with E-state index in [1.807, 2.05) is 19.1 Å². The van der Waals surface area contributed by atoms with Crippen molar-refractivity contribution >= 4 is 11.6 Å². The Kier molecular flexibility index (Phi) is 4.03. The predicted molar refractivity (Wildman–Crippen MR) is 74.6 cm³/mol. The van der Waals surface area contributed by atoms with Crippen LogP contribution >= 0.6 is 11.6 Å². The molecule has 2 heteroatoms. The van der Waals surface area contributed by atoms with Gasteiger partial charge in [-0.3, -0.25) is 0 Å². The maximum absolute atomic E-state index is 13.3. The highest BCUT2D eigenvalue weighted by atomic mass is 35.5. The van der Waals surface area contributed by atoms with Gasteiger partial charge in [0.05, 0.1) is 5.38 Å². The second-order valence-electron chi connectivity index (χ2n) is 4.60. The van der Waals surface area contributed by atoms with E-state index < -0.39 is 0 Å². The molecule has 0 saturated carbocycles. The fourth-order valence-corrected chi connectivity index (χ4v) is 2.49. The third-order valence-corrected chi connectivity index (χ3v) is 3.63. The molecular formula is C16H16ClF. The average molecular weight is 263 g/mol. The smallest absolute Gasteiger partial charge is 0.123 e. The van der Waals surface area contributed by atoms with Gasteiger partial charge >= 0.3 is 0 Å². The molecule has 0 saturated heterocycles. The molecule has 0 N–H and O–H groups in total. The Balaban J connectivity index is 2.25. The molecule has 0 spiro atoms. The lowest BCUT2D eigenvalue weighted by Gasteiger charge is -2.14. The fourth-order valence-electron chi connectivity index (χ4n) is 2.09. The number of rotatable bonds is 3. The summed E-state index contributed by atoms with van der Waals surface area (Å²) in [5.41, 5.74) is 4.34. The summed E-state index contributed by atoms with van der Waals surface area (Å²) in [6, 6.07) is 12.9. The molecular weight excluding hydrogens is 247 g/mol. The van der Waals surface area contributed by atoms with E-state index in [0.717, 1.165) is 17.5 Å². The number of hydrogen-bond acceptors (Lipinski definition) is 0. The summed E-state index contributed by atoms with van der Waals surface area (Å²) >= 11 is 6.42. The monoisotopic (exact) mass is 262 g/mol. The van der Waals surface area contributed by atoms with E-state index in [9.17, 15) is 4.39 Å². The van der Waals surface area contributed by atoms with Gasteiger partial charge in [-0.25, -0.2) is 4.39 Å². The molecule has 0 bridgehead atoms. The number of alkyl halides is 1. The minimum Gasteiger partial charge on any atom is -0.207 e. The van der Waals surface area contributed by atoms with E-state index in [1.54, 1.807) is 6.07 Å². The van der Waals surface area contributed by atoms with Gasteiger partial charge < -0.3 is 0 Å². The second-order valence-corrected chi connectivity index (χ2v) is 5.13. The van der Waals surface area contributed by atoms with Crippen molar-refractivity contribution in [3.63, 3.8) is 0 Å². The molecule has 0 amide bonds. The molecule has 2 aromatic rings. The topological polar surface area (TPSA) is 0 Å². The van der Waals surface area contributed by atoms with Crippen LogP contribution in [0.4, 0.5) is 4.39 Å². The van der Waals surface area contributed by atoms with Gasteiger partial charge in [-0.15, -0.1) is 11.6 Å². The van der Waals surface area contributed by atoms with Gasteiger partial charge in [0.1, 0.15) is 5.82 Å². The first-order valence-corrected chi connectivity index (χ1v) is 6.46. The normalized spacial score (nSPS) is 12.4. The summed E-state index contributed by atoms with van der Waals surface area (Å²) in [6.45, 7) is 4.03. The Labute approximate surface area is 112 Å². The Bertz CT molecular complexity index is 549. The highest BCUT2D eigenvalue weighted by molar-refractivity contribution is 6.21. The third-order valence-electron chi connectivity index (χ3n) is 3.24. The van der Waals surface area contributed by atoms with Crippen LogP contribution in [-0.4, -0.2) is 0 Å². The zero-order valence-electron chi connectivity index (χ0n) is 10.6. The molecule has 1 atom stereocenters. The van der Waals surface area contributed by atoms with E-state index in [-0.39, 0.29) is 11.2 Å². The lowest BCUT2D eigenvalue weighted by Crippen LogP contribution is -2.00. The molecule has 0 heterocycles. The number of benzene rings is 2. The van der Waals surface area contributed by atoms with Crippen molar-refractivity contribution < 1.29 is 4.39 Å². The van der Waals surface area contributed by atoms with Gasteiger partial charge in [-0.1, -0.05) is 30.3 Å². The summed E-state index contributed by atoms with van der Waals surface area (Å²) in [5.74, 6) is -0.231. The summed E-state index contributed by atoms with van der Waals surface area (Å²) < 4.78 is 13.3. The molecule has 2 rings (SSSR count). The lowest BCUT2D eigenvalue weighted by molar-refractivity contribution is 0.624. The van der Waals surface area contributed by atoms with Crippen molar-refractivity contribution in [3.8, 4) is 0 Å². The largest absolute Gasteiger partial charge is 0.207 e. The first kappa shape index (κ1) is 13.1. The van der Waals surface area contributed by atoms with Crippen LogP contribution < -0.4 is 0 Å². The van der Waals surface area contributed by atoms with Gasteiger partial charge in [0.25, 0.3) is 0 Å². The van der Waals surface area contributed by atoms with Crippen LogP contribution in [-0.2, 0) is 6.42 Å². The molecule has 0 aliphatic heterocycles. The fraction of sp³-hybridized carbons (Fsp3) is 0.250. The van der Waals surface area contributed by atoms with Crippen molar-refractivity contribution in [2.75, 3.05) is 0 Å². The minimum atomic E-state index is -0.231. The number of hydrogen-bond donors (Lipinski definition) is 0. The number of aryl methyl sites for hydroxylation is 2. The standard InChI is InChI=1S/C16H16ClF/c1-11-5-3-4-6-13(11)9-16(17)15-10-14(18)8-7-12(15)2/h3-8,10,16H,9H2,1-2H3. The molecule has 0 fully saturated rings.